The van der Waals surface area contributed by atoms with Crippen molar-refractivity contribution in [1.82, 2.24) is 10.3 Å². The molecule has 2 aromatic carbocycles. The third kappa shape index (κ3) is 4.58. The molecule has 0 fully saturated rings. The lowest BCUT2D eigenvalue weighted by atomic mass is 10.1. The molecule has 0 atom stereocenters. The minimum absolute atomic E-state index is 0.0174. The van der Waals surface area contributed by atoms with Crippen LogP contribution < -0.4 is 15.5 Å². The zero-order valence-corrected chi connectivity index (χ0v) is 17.4. The van der Waals surface area contributed by atoms with Gasteiger partial charge in [-0.05, 0) is 43.7 Å². The molecule has 1 N–H and O–H groups in total. The quantitative estimate of drug-likeness (QED) is 0.501. The van der Waals surface area contributed by atoms with Gasteiger partial charge in [0.25, 0.3) is 5.91 Å². The monoisotopic (exact) mass is 420 g/mol. The predicted octanol–water partition coefficient (Wildman–Crippen LogP) is 4.38. The average molecular weight is 420 g/mol. The van der Waals surface area contributed by atoms with E-state index in [0.29, 0.717) is 17.6 Å². The van der Waals surface area contributed by atoms with Crippen LogP contribution in [0.3, 0.4) is 0 Å². The lowest BCUT2D eigenvalue weighted by molar-refractivity contribution is 0.0923. The Morgan fingerprint density at radius 3 is 2.67 bits per heavy atom. The number of carbonyl (C=O) groups is 1. The molecule has 30 heavy (non-hydrogen) atoms. The number of benzene rings is 2. The number of aryl methyl sites for hydroxylation is 2. The van der Waals surface area contributed by atoms with Gasteiger partial charge in [-0.3, -0.25) is 9.59 Å². The summed E-state index contributed by atoms with van der Waals surface area (Å²) in [4.78, 5) is 29.2. The Hall–Kier alpha value is -3.45. The Bertz CT molecular complexity index is 1260. The second kappa shape index (κ2) is 8.51. The predicted molar refractivity (Wildman–Crippen MR) is 116 cm³/mol. The summed E-state index contributed by atoms with van der Waals surface area (Å²) in [6, 6.07) is 14.3. The van der Waals surface area contributed by atoms with Gasteiger partial charge in [0, 0.05) is 11.4 Å². The maximum absolute atomic E-state index is 12.5. The second-order valence-electron chi connectivity index (χ2n) is 6.99. The van der Waals surface area contributed by atoms with Crippen LogP contribution in [0.1, 0.15) is 32.4 Å². The fourth-order valence-electron chi connectivity index (χ4n) is 2.91. The van der Waals surface area contributed by atoms with Crippen molar-refractivity contribution in [2.75, 3.05) is 0 Å². The van der Waals surface area contributed by atoms with E-state index in [1.807, 2.05) is 49.6 Å². The number of amides is 1. The number of hydrogen-bond donors (Lipinski definition) is 1. The largest absolute Gasteiger partial charge is 0.486 e. The first-order chi connectivity index (χ1) is 14.5. The zero-order valence-electron chi connectivity index (χ0n) is 16.6. The Labute approximate surface area is 177 Å². The highest BCUT2D eigenvalue weighted by Crippen LogP contribution is 2.17. The van der Waals surface area contributed by atoms with E-state index in [2.05, 4.69) is 10.3 Å². The summed E-state index contributed by atoms with van der Waals surface area (Å²) in [6.07, 6.45) is 0. The second-order valence-corrected chi connectivity index (χ2v) is 7.93. The van der Waals surface area contributed by atoms with Gasteiger partial charge in [-0.2, -0.15) is 0 Å². The summed E-state index contributed by atoms with van der Waals surface area (Å²) in [5.74, 6) is 0.310. The van der Waals surface area contributed by atoms with Crippen molar-refractivity contribution in [2.45, 2.75) is 27.0 Å². The van der Waals surface area contributed by atoms with Crippen molar-refractivity contribution < 1.29 is 13.9 Å². The Kier molecular flexibility index (Phi) is 5.63. The van der Waals surface area contributed by atoms with Gasteiger partial charge in [0.05, 0.1) is 17.6 Å². The van der Waals surface area contributed by atoms with Crippen LogP contribution in [0.5, 0.6) is 5.75 Å². The Morgan fingerprint density at radius 2 is 1.87 bits per heavy atom. The fourth-order valence-corrected chi connectivity index (χ4v) is 3.61. The molecule has 4 rings (SSSR count). The van der Waals surface area contributed by atoms with Crippen LogP contribution in [0, 0.1) is 13.8 Å². The van der Waals surface area contributed by atoms with Crippen molar-refractivity contribution in [1.29, 1.82) is 0 Å². The summed E-state index contributed by atoms with van der Waals surface area (Å²) in [5, 5.41) is 5.88. The van der Waals surface area contributed by atoms with Crippen molar-refractivity contribution >= 4 is 28.2 Å². The van der Waals surface area contributed by atoms with Gasteiger partial charge in [0.1, 0.15) is 22.9 Å². The third-order valence-corrected chi connectivity index (χ3v) is 5.39. The fraction of sp³-hybridized carbons (Fsp3) is 0.174. The molecule has 0 aliphatic heterocycles. The Morgan fingerprint density at radius 1 is 1.10 bits per heavy atom. The van der Waals surface area contributed by atoms with Crippen molar-refractivity contribution in [3.05, 3.63) is 91.7 Å². The van der Waals surface area contributed by atoms with Crippen LogP contribution in [0.4, 0.5) is 0 Å². The number of rotatable bonds is 6. The molecule has 6 nitrogen and oxygen atoms in total. The van der Waals surface area contributed by atoms with E-state index in [4.69, 9.17) is 9.15 Å². The summed E-state index contributed by atoms with van der Waals surface area (Å²) in [6.45, 7) is 4.51. The molecule has 4 aromatic rings. The first kappa shape index (κ1) is 19.8. The highest BCUT2D eigenvalue weighted by molar-refractivity contribution is 7.09. The van der Waals surface area contributed by atoms with Crippen LogP contribution >= 0.6 is 11.3 Å². The molecule has 7 heteroatoms. The molecule has 0 radical (unpaired) electrons. The lowest BCUT2D eigenvalue weighted by Crippen LogP contribution is -2.24. The van der Waals surface area contributed by atoms with Crippen LogP contribution in [0.15, 0.2) is 63.1 Å². The molecule has 1 amide bonds. The van der Waals surface area contributed by atoms with Gasteiger partial charge in [-0.25, -0.2) is 4.98 Å². The summed E-state index contributed by atoms with van der Waals surface area (Å²) in [7, 11) is 0. The molecule has 0 bridgehead atoms. The number of ether oxygens (including phenoxy) is 1. The van der Waals surface area contributed by atoms with Crippen LogP contribution in [-0.4, -0.2) is 10.9 Å². The summed E-state index contributed by atoms with van der Waals surface area (Å²) >= 11 is 1.46. The van der Waals surface area contributed by atoms with E-state index in [9.17, 15) is 9.59 Å². The summed E-state index contributed by atoms with van der Waals surface area (Å²) in [5.41, 5.74) is 3.00. The molecule has 0 saturated carbocycles. The summed E-state index contributed by atoms with van der Waals surface area (Å²) < 4.78 is 11.4. The smallest absolute Gasteiger partial charge is 0.287 e. The van der Waals surface area contributed by atoms with Crippen LogP contribution in [0.25, 0.3) is 11.0 Å². The minimum atomic E-state index is -0.457. The van der Waals surface area contributed by atoms with Crippen LogP contribution in [-0.2, 0) is 13.2 Å². The number of hydrogen-bond acceptors (Lipinski definition) is 6. The van der Waals surface area contributed by atoms with Gasteiger partial charge >= 0.3 is 0 Å². The van der Waals surface area contributed by atoms with Gasteiger partial charge < -0.3 is 14.5 Å². The molecule has 152 valence electrons. The lowest BCUT2D eigenvalue weighted by Gasteiger charge is -2.05. The highest BCUT2D eigenvalue weighted by atomic mass is 32.1. The number of thiazole rings is 1. The molecular formula is C23H20N2O4S. The molecule has 0 spiro atoms. The zero-order chi connectivity index (χ0) is 21.1. The topological polar surface area (TPSA) is 81.4 Å². The van der Waals surface area contributed by atoms with Gasteiger partial charge in [-0.1, -0.05) is 23.8 Å². The first-order valence-corrected chi connectivity index (χ1v) is 10.3. The molecule has 2 heterocycles. The number of aromatic nitrogens is 1. The average Bonchev–Trinajstić information content (AvgIpc) is 3.19. The number of fused-ring (bicyclic) bond motifs is 1. The van der Waals surface area contributed by atoms with E-state index in [-0.39, 0.29) is 17.7 Å². The minimum Gasteiger partial charge on any atom is -0.486 e. The molecule has 0 aliphatic rings. The van der Waals surface area contributed by atoms with Gasteiger partial charge in [-0.15, -0.1) is 11.3 Å². The number of carbonyl (C=O) groups excluding carboxylic acids is 1. The van der Waals surface area contributed by atoms with Crippen molar-refractivity contribution in [2.24, 2.45) is 0 Å². The van der Waals surface area contributed by atoms with E-state index in [0.717, 1.165) is 22.0 Å². The van der Waals surface area contributed by atoms with E-state index in [1.165, 1.54) is 23.0 Å². The van der Waals surface area contributed by atoms with Crippen molar-refractivity contribution in [3.8, 4) is 5.75 Å². The standard InChI is InChI=1S/C23H20N2O4S/c1-14-3-6-17(7-4-14)28-12-22-25-16(13-30-22)11-24-23(27)21-10-19(26)18-8-5-15(2)9-20(18)29-21/h3-10,13H,11-12H2,1-2H3,(H,24,27). The Balaban J connectivity index is 1.38. The molecule has 2 aromatic heterocycles. The van der Waals surface area contributed by atoms with Crippen molar-refractivity contribution in [3.63, 3.8) is 0 Å². The maximum Gasteiger partial charge on any atom is 0.287 e. The normalized spacial score (nSPS) is 10.9. The first-order valence-electron chi connectivity index (χ1n) is 9.43. The van der Waals surface area contributed by atoms with E-state index < -0.39 is 5.91 Å². The number of nitrogens with zero attached hydrogens (tertiary/aromatic N) is 1. The SMILES string of the molecule is Cc1ccc(OCc2nc(CNC(=O)c3cc(=O)c4ccc(C)cc4o3)cs2)cc1. The number of nitrogens with one attached hydrogen (secondary N) is 1. The maximum atomic E-state index is 12.5. The highest BCUT2D eigenvalue weighted by Gasteiger charge is 2.13. The molecule has 0 saturated heterocycles. The van der Waals surface area contributed by atoms with E-state index >= 15 is 0 Å². The molecule has 0 aliphatic carbocycles. The third-order valence-electron chi connectivity index (χ3n) is 4.52. The van der Waals surface area contributed by atoms with Gasteiger partial charge in [0.15, 0.2) is 11.2 Å². The molecule has 0 unspecified atom stereocenters. The molecular weight excluding hydrogens is 400 g/mol. The van der Waals surface area contributed by atoms with Crippen LogP contribution in [0.2, 0.25) is 0 Å². The van der Waals surface area contributed by atoms with E-state index in [1.54, 1.807) is 12.1 Å². The van der Waals surface area contributed by atoms with Gasteiger partial charge in [0.2, 0.25) is 0 Å².